The van der Waals surface area contributed by atoms with Crippen molar-refractivity contribution >= 4 is 12.1 Å². The van der Waals surface area contributed by atoms with Gasteiger partial charge in [-0.2, -0.15) is 5.10 Å². The van der Waals surface area contributed by atoms with Crippen LogP contribution in [0.2, 0.25) is 0 Å². The highest BCUT2D eigenvalue weighted by Gasteiger charge is 2.06. The molecule has 0 spiro atoms. The molecule has 1 N–H and O–H groups in total. The van der Waals surface area contributed by atoms with E-state index in [-0.39, 0.29) is 5.91 Å². The molecule has 0 unspecified atom stereocenters. The first-order chi connectivity index (χ1) is 10.1. The molecule has 21 heavy (non-hydrogen) atoms. The Morgan fingerprint density at radius 3 is 2.38 bits per heavy atom. The first-order valence-corrected chi connectivity index (χ1v) is 7.07. The highest BCUT2D eigenvalue weighted by atomic mass is 16.2. The molecule has 0 atom stereocenters. The third kappa shape index (κ3) is 4.02. The Bertz CT molecular complexity index is 643. The van der Waals surface area contributed by atoms with Crippen LogP contribution in [0.5, 0.6) is 0 Å². The number of hydrogen-bond acceptors (Lipinski definition) is 2. The minimum atomic E-state index is -0.192. The second-order valence-electron chi connectivity index (χ2n) is 5.34. The molecule has 108 valence electrons. The van der Waals surface area contributed by atoms with Crippen LogP contribution in [-0.4, -0.2) is 12.1 Å². The van der Waals surface area contributed by atoms with Crippen molar-refractivity contribution in [1.29, 1.82) is 0 Å². The number of benzene rings is 2. The van der Waals surface area contributed by atoms with Gasteiger partial charge in [0.05, 0.1) is 6.21 Å². The number of aryl methyl sites for hydroxylation is 1. The van der Waals surface area contributed by atoms with Crippen LogP contribution in [0.4, 0.5) is 0 Å². The van der Waals surface area contributed by atoms with Gasteiger partial charge in [0.15, 0.2) is 0 Å². The quantitative estimate of drug-likeness (QED) is 0.670. The van der Waals surface area contributed by atoms with E-state index in [2.05, 4.69) is 36.5 Å². The van der Waals surface area contributed by atoms with Crippen LogP contribution >= 0.6 is 0 Å². The SMILES string of the molecule is Cc1ccccc1C(=O)NN=Cc1ccc(C(C)C)cc1. The van der Waals surface area contributed by atoms with Gasteiger partial charge in [0.25, 0.3) is 5.91 Å². The Morgan fingerprint density at radius 1 is 1.10 bits per heavy atom. The number of nitrogens with zero attached hydrogens (tertiary/aromatic N) is 1. The lowest BCUT2D eigenvalue weighted by Crippen LogP contribution is -2.18. The van der Waals surface area contributed by atoms with Gasteiger partial charge in [0, 0.05) is 5.56 Å². The van der Waals surface area contributed by atoms with Crippen LogP contribution in [0.1, 0.15) is 46.8 Å². The standard InChI is InChI=1S/C18H20N2O/c1-13(2)16-10-8-15(9-11-16)12-19-20-18(21)17-7-5-4-6-14(17)3/h4-13H,1-3H3,(H,20,21). The van der Waals surface area contributed by atoms with Gasteiger partial charge in [-0.25, -0.2) is 5.43 Å². The minimum absolute atomic E-state index is 0.192. The maximum Gasteiger partial charge on any atom is 0.271 e. The number of carbonyl (C=O) groups is 1. The third-order valence-electron chi connectivity index (χ3n) is 3.37. The number of hydrazone groups is 1. The third-order valence-corrected chi connectivity index (χ3v) is 3.37. The lowest BCUT2D eigenvalue weighted by Gasteiger charge is -2.05. The largest absolute Gasteiger partial charge is 0.271 e. The summed E-state index contributed by atoms with van der Waals surface area (Å²) in [6, 6.07) is 15.6. The average Bonchev–Trinajstić information content (AvgIpc) is 2.48. The number of nitrogens with one attached hydrogen (secondary N) is 1. The molecule has 0 aromatic heterocycles. The Labute approximate surface area is 125 Å². The summed E-state index contributed by atoms with van der Waals surface area (Å²) in [5.41, 5.74) is 6.39. The van der Waals surface area contributed by atoms with Gasteiger partial charge in [-0.05, 0) is 35.6 Å². The van der Waals surface area contributed by atoms with Crippen LogP contribution in [-0.2, 0) is 0 Å². The molecular weight excluding hydrogens is 260 g/mol. The van der Waals surface area contributed by atoms with Gasteiger partial charge in [0.2, 0.25) is 0 Å². The summed E-state index contributed by atoms with van der Waals surface area (Å²) < 4.78 is 0. The van der Waals surface area contributed by atoms with E-state index in [1.807, 2.05) is 37.3 Å². The second-order valence-corrected chi connectivity index (χ2v) is 5.34. The van der Waals surface area contributed by atoms with Gasteiger partial charge in [0.1, 0.15) is 0 Å². The van der Waals surface area contributed by atoms with Crippen molar-refractivity contribution in [3.63, 3.8) is 0 Å². The van der Waals surface area contributed by atoms with Crippen LogP contribution in [0.3, 0.4) is 0 Å². The van der Waals surface area contributed by atoms with E-state index >= 15 is 0 Å². The van der Waals surface area contributed by atoms with Gasteiger partial charge in [-0.1, -0.05) is 56.3 Å². The van der Waals surface area contributed by atoms with Crippen LogP contribution in [0.15, 0.2) is 53.6 Å². The summed E-state index contributed by atoms with van der Waals surface area (Å²) in [7, 11) is 0. The van der Waals surface area contributed by atoms with Crippen molar-refractivity contribution in [2.75, 3.05) is 0 Å². The van der Waals surface area contributed by atoms with Crippen molar-refractivity contribution in [2.45, 2.75) is 26.7 Å². The van der Waals surface area contributed by atoms with Crippen molar-refractivity contribution in [2.24, 2.45) is 5.10 Å². The number of rotatable bonds is 4. The average molecular weight is 280 g/mol. The predicted molar refractivity (Wildman–Crippen MR) is 86.8 cm³/mol. The molecule has 0 heterocycles. The summed E-state index contributed by atoms with van der Waals surface area (Å²) in [6.45, 7) is 6.22. The Balaban J connectivity index is 1.99. The molecule has 0 aliphatic heterocycles. The molecule has 3 nitrogen and oxygen atoms in total. The van der Waals surface area contributed by atoms with Crippen LogP contribution in [0.25, 0.3) is 0 Å². The zero-order valence-electron chi connectivity index (χ0n) is 12.6. The Morgan fingerprint density at radius 2 is 1.76 bits per heavy atom. The maximum absolute atomic E-state index is 12.0. The zero-order chi connectivity index (χ0) is 15.2. The lowest BCUT2D eigenvalue weighted by atomic mass is 10.0. The molecule has 2 aromatic rings. The number of carbonyl (C=O) groups excluding carboxylic acids is 1. The molecule has 0 bridgehead atoms. The maximum atomic E-state index is 12.0. The highest BCUT2D eigenvalue weighted by molar-refractivity contribution is 5.96. The first-order valence-electron chi connectivity index (χ1n) is 7.07. The van der Waals surface area contributed by atoms with Crippen molar-refractivity contribution in [3.05, 3.63) is 70.8 Å². The fourth-order valence-electron chi connectivity index (χ4n) is 2.02. The fourth-order valence-corrected chi connectivity index (χ4v) is 2.02. The zero-order valence-corrected chi connectivity index (χ0v) is 12.6. The van der Waals surface area contributed by atoms with Crippen molar-refractivity contribution < 1.29 is 4.79 Å². The van der Waals surface area contributed by atoms with Gasteiger partial charge in [-0.15, -0.1) is 0 Å². The van der Waals surface area contributed by atoms with Crippen molar-refractivity contribution in [1.82, 2.24) is 5.43 Å². The van der Waals surface area contributed by atoms with E-state index in [9.17, 15) is 4.79 Å². The molecular formula is C18H20N2O. The monoisotopic (exact) mass is 280 g/mol. The highest BCUT2D eigenvalue weighted by Crippen LogP contribution is 2.13. The molecule has 0 saturated heterocycles. The molecule has 2 rings (SSSR count). The molecule has 0 aliphatic carbocycles. The van der Waals surface area contributed by atoms with E-state index in [1.165, 1.54) is 5.56 Å². The summed E-state index contributed by atoms with van der Waals surface area (Å²) in [6.07, 6.45) is 1.65. The summed E-state index contributed by atoms with van der Waals surface area (Å²) in [4.78, 5) is 12.0. The minimum Gasteiger partial charge on any atom is -0.267 e. The smallest absolute Gasteiger partial charge is 0.267 e. The second kappa shape index (κ2) is 6.84. The van der Waals surface area contributed by atoms with E-state index in [1.54, 1.807) is 12.3 Å². The molecule has 3 heteroatoms. The first kappa shape index (κ1) is 15.0. The fraction of sp³-hybridized carbons (Fsp3) is 0.222. The summed E-state index contributed by atoms with van der Waals surface area (Å²) in [5, 5.41) is 4.01. The molecule has 0 aliphatic rings. The Kier molecular flexibility index (Phi) is 4.88. The van der Waals surface area contributed by atoms with Crippen LogP contribution in [0, 0.1) is 6.92 Å². The molecule has 0 fully saturated rings. The van der Waals surface area contributed by atoms with E-state index < -0.39 is 0 Å². The van der Waals surface area contributed by atoms with Crippen LogP contribution < -0.4 is 5.43 Å². The molecule has 0 saturated carbocycles. The number of hydrogen-bond donors (Lipinski definition) is 1. The van der Waals surface area contributed by atoms with E-state index in [4.69, 9.17) is 0 Å². The van der Waals surface area contributed by atoms with E-state index in [0.717, 1.165) is 11.1 Å². The van der Waals surface area contributed by atoms with Gasteiger partial charge < -0.3 is 0 Å². The lowest BCUT2D eigenvalue weighted by molar-refractivity contribution is 0.0954. The summed E-state index contributed by atoms with van der Waals surface area (Å²) >= 11 is 0. The topological polar surface area (TPSA) is 41.5 Å². The normalized spacial score (nSPS) is 11.0. The van der Waals surface area contributed by atoms with Gasteiger partial charge in [-0.3, -0.25) is 4.79 Å². The Hall–Kier alpha value is -2.42. The molecule has 1 amide bonds. The van der Waals surface area contributed by atoms with E-state index in [0.29, 0.717) is 11.5 Å². The molecule has 2 aromatic carbocycles. The predicted octanol–water partition coefficient (Wildman–Crippen LogP) is 3.88. The van der Waals surface area contributed by atoms with Crippen molar-refractivity contribution in [3.8, 4) is 0 Å². The van der Waals surface area contributed by atoms with Gasteiger partial charge >= 0.3 is 0 Å². The number of amides is 1. The molecule has 0 radical (unpaired) electrons. The summed E-state index contributed by atoms with van der Waals surface area (Å²) in [5.74, 6) is 0.319.